The van der Waals surface area contributed by atoms with Crippen LogP contribution in [0.25, 0.3) is 0 Å². The third-order valence-electron chi connectivity index (χ3n) is 8.54. The van der Waals surface area contributed by atoms with Gasteiger partial charge in [-0.05, 0) is 98.3 Å². The van der Waals surface area contributed by atoms with E-state index in [0.717, 1.165) is 87.5 Å². The number of carboxylic acids is 2. The summed E-state index contributed by atoms with van der Waals surface area (Å²) in [5.41, 5.74) is 5.77. The molecule has 0 bridgehead atoms. The zero-order chi connectivity index (χ0) is 38.4. The maximum atomic E-state index is 11.3. The molecule has 8 nitrogen and oxygen atoms in total. The SMILES string of the molecule is CC(=O)[O-].CC(=O)[O-].CC(C)CCc1cc(C=NC2CCCCC2N=Cc2cc(CCC(C)C)cc(C(C)(C)C)c2O)c(O)c(C(C)(C)C)c1.[Co+2]. The number of carbonyl (C=O) groups is 2. The topological polar surface area (TPSA) is 145 Å². The Morgan fingerprint density at radius 3 is 1.25 bits per heavy atom. The summed E-state index contributed by atoms with van der Waals surface area (Å²) in [4.78, 5) is 27.9. The van der Waals surface area contributed by atoms with Crippen LogP contribution in [0.4, 0.5) is 0 Å². The first-order chi connectivity index (χ1) is 23.0. The molecule has 0 aliphatic heterocycles. The van der Waals surface area contributed by atoms with Gasteiger partial charge in [-0.1, -0.05) is 94.2 Å². The van der Waals surface area contributed by atoms with Crippen LogP contribution in [0, 0.1) is 11.8 Å². The van der Waals surface area contributed by atoms with Gasteiger partial charge >= 0.3 is 16.8 Å². The van der Waals surface area contributed by atoms with Gasteiger partial charge in [-0.15, -0.1) is 0 Å². The van der Waals surface area contributed by atoms with Crippen molar-refractivity contribution in [3.63, 3.8) is 0 Å². The van der Waals surface area contributed by atoms with Gasteiger partial charge in [-0.3, -0.25) is 9.98 Å². The molecule has 2 unspecified atom stereocenters. The number of aliphatic carboxylic acids is 2. The molecule has 1 aliphatic carbocycles. The van der Waals surface area contributed by atoms with E-state index in [0.29, 0.717) is 23.3 Å². The molecule has 2 aromatic rings. The fourth-order valence-electron chi connectivity index (χ4n) is 5.77. The molecule has 287 valence electrons. The molecule has 0 heterocycles. The second-order valence-electron chi connectivity index (χ2n) is 16.5. The molecule has 2 aromatic carbocycles. The number of phenolic OH excluding ortho intramolecular Hbond substituents is 2. The number of phenols is 2. The van der Waals surface area contributed by atoms with E-state index < -0.39 is 11.9 Å². The first kappa shape index (κ1) is 47.8. The number of carbonyl (C=O) groups excluding carboxylic acids is 2. The molecule has 1 saturated carbocycles. The fraction of sp³-hybridized carbons (Fsp3) is 0.619. The second kappa shape index (κ2) is 22.0. The van der Waals surface area contributed by atoms with E-state index in [1.165, 1.54) is 11.1 Å². The number of rotatable bonds is 10. The summed E-state index contributed by atoms with van der Waals surface area (Å²) in [5, 5.41) is 40.3. The van der Waals surface area contributed by atoms with E-state index >= 15 is 0 Å². The summed E-state index contributed by atoms with van der Waals surface area (Å²) in [6, 6.07) is 8.70. The smallest absolute Gasteiger partial charge is 0.550 e. The summed E-state index contributed by atoms with van der Waals surface area (Å²) in [6.45, 7) is 23.9. The number of hydrogen-bond acceptors (Lipinski definition) is 8. The van der Waals surface area contributed by atoms with Crippen LogP contribution in [0.2, 0.25) is 0 Å². The number of aliphatic imine (C=N–C) groups is 2. The van der Waals surface area contributed by atoms with Crippen LogP contribution in [-0.2, 0) is 50.0 Å². The molecule has 3 rings (SSSR count). The average molecular weight is 752 g/mol. The summed E-state index contributed by atoms with van der Waals surface area (Å²) in [6.07, 6.45) is 12.2. The molecule has 1 fully saturated rings. The van der Waals surface area contributed by atoms with Crippen molar-refractivity contribution < 1.29 is 46.8 Å². The Balaban J connectivity index is 0.00000251. The second-order valence-corrected chi connectivity index (χ2v) is 16.5. The number of aromatic hydroxyl groups is 2. The van der Waals surface area contributed by atoms with E-state index in [1.807, 2.05) is 12.4 Å². The Hall–Kier alpha value is -3.17. The fourth-order valence-corrected chi connectivity index (χ4v) is 5.77. The minimum Gasteiger partial charge on any atom is -0.550 e. The van der Waals surface area contributed by atoms with Crippen molar-refractivity contribution in [3.05, 3.63) is 57.6 Å². The Labute approximate surface area is 318 Å². The minimum atomic E-state index is -1.08. The first-order valence-electron chi connectivity index (χ1n) is 18.2. The predicted molar refractivity (Wildman–Crippen MR) is 203 cm³/mol. The molecular formula is C42H64CoN2O6. The largest absolute Gasteiger partial charge is 2.00 e. The molecule has 0 aromatic heterocycles. The quantitative estimate of drug-likeness (QED) is 0.245. The maximum absolute atomic E-state index is 11.3. The van der Waals surface area contributed by atoms with Crippen LogP contribution in [0.1, 0.15) is 155 Å². The van der Waals surface area contributed by atoms with Crippen LogP contribution in [-0.4, -0.2) is 46.7 Å². The van der Waals surface area contributed by atoms with Crippen molar-refractivity contribution in [2.24, 2.45) is 21.8 Å². The molecule has 0 saturated heterocycles. The number of carboxylic acid groups (broad SMARTS) is 2. The summed E-state index contributed by atoms with van der Waals surface area (Å²) in [5.74, 6) is -0.226. The minimum absolute atomic E-state index is 0. The normalized spacial score (nSPS) is 16.4. The zero-order valence-electron chi connectivity index (χ0n) is 33.2. The van der Waals surface area contributed by atoms with E-state index in [-0.39, 0.29) is 39.7 Å². The van der Waals surface area contributed by atoms with Crippen LogP contribution in [0.5, 0.6) is 11.5 Å². The number of aryl methyl sites for hydroxylation is 2. The van der Waals surface area contributed by atoms with E-state index in [1.54, 1.807) is 0 Å². The van der Waals surface area contributed by atoms with Crippen LogP contribution in [0.15, 0.2) is 34.3 Å². The van der Waals surface area contributed by atoms with E-state index in [4.69, 9.17) is 29.8 Å². The van der Waals surface area contributed by atoms with Gasteiger partial charge in [0.2, 0.25) is 0 Å². The molecule has 2 N–H and O–H groups in total. The van der Waals surface area contributed by atoms with Gasteiger partial charge < -0.3 is 30.0 Å². The Morgan fingerprint density at radius 1 is 0.706 bits per heavy atom. The monoisotopic (exact) mass is 751 g/mol. The van der Waals surface area contributed by atoms with Crippen molar-refractivity contribution in [3.8, 4) is 11.5 Å². The molecule has 0 spiro atoms. The summed E-state index contributed by atoms with van der Waals surface area (Å²) < 4.78 is 0. The van der Waals surface area contributed by atoms with Crippen LogP contribution in [0.3, 0.4) is 0 Å². The standard InChI is InChI=1S/C38H58N2O2.2C2H4O2.Co/c1-25(2)15-17-27-19-29(35(41)31(21-27)37(5,6)7)23-39-33-13-11-12-14-34(33)40-24-30-20-28(18-16-26(3)4)22-32(36(30)42)38(8,9)10;2*1-2(3)4;/h19-26,33-34,41-42H,11-18H2,1-10H3;2*1H3,(H,3,4);/q;;;+2/p-2. The van der Waals surface area contributed by atoms with Gasteiger partial charge in [0, 0.05) is 46.6 Å². The van der Waals surface area contributed by atoms with E-state index in [2.05, 4.69) is 93.5 Å². The van der Waals surface area contributed by atoms with Crippen LogP contribution < -0.4 is 10.2 Å². The maximum Gasteiger partial charge on any atom is 2.00 e. The van der Waals surface area contributed by atoms with Crippen molar-refractivity contribution in [1.29, 1.82) is 0 Å². The first-order valence-corrected chi connectivity index (χ1v) is 18.2. The average Bonchev–Trinajstić information content (AvgIpc) is 2.97. The van der Waals surface area contributed by atoms with Gasteiger partial charge in [0.15, 0.2) is 0 Å². The molecule has 2 atom stereocenters. The van der Waals surface area contributed by atoms with E-state index in [9.17, 15) is 10.2 Å². The Kier molecular flexibility index (Phi) is 20.7. The molecule has 0 amide bonds. The van der Waals surface area contributed by atoms with Gasteiger partial charge in [0.05, 0.1) is 12.1 Å². The van der Waals surface area contributed by atoms with Crippen molar-refractivity contribution >= 4 is 24.4 Å². The van der Waals surface area contributed by atoms with Crippen molar-refractivity contribution in [2.75, 3.05) is 0 Å². The summed E-state index contributed by atoms with van der Waals surface area (Å²) in [7, 11) is 0. The number of hydrogen-bond donors (Lipinski definition) is 2. The number of nitrogens with zero attached hydrogens (tertiary/aromatic N) is 2. The van der Waals surface area contributed by atoms with Gasteiger partial charge in [0.1, 0.15) is 11.5 Å². The van der Waals surface area contributed by atoms with Gasteiger partial charge in [-0.25, -0.2) is 0 Å². The molecular weight excluding hydrogens is 687 g/mol. The van der Waals surface area contributed by atoms with Gasteiger partial charge in [-0.2, -0.15) is 0 Å². The van der Waals surface area contributed by atoms with Crippen LogP contribution >= 0.6 is 0 Å². The summed E-state index contributed by atoms with van der Waals surface area (Å²) >= 11 is 0. The van der Waals surface area contributed by atoms with Crippen molar-refractivity contribution in [2.45, 2.75) is 157 Å². The molecule has 1 aliphatic rings. The zero-order valence-corrected chi connectivity index (χ0v) is 34.2. The Bertz CT molecular complexity index is 1330. The third kappa shape index (κ3) is 18.2. The predicted octanol–water partition coefficient (Wildman–Crippen LogP) is 7.23. The third-order valence-corrected chi connectivity index (χ3v) is 8.54. The number of benzene rings is 2. The molecule has 1 radical (unpaired) electrons. The van der Waals surface area contributed by atoms with Gasteiger partial charge in [0.25, 0.3) is 0 Å². The molecule has 51 heavy (non-hydrogen) atoms. The Morgan fingerprint density at radius 2 is 1.00 bits per heavy atom. The molecule has 9 heteroatoms. The van der Waals surface area contributed by atoms with Crippen molar-refractivity contribution in [1.82, 2.24) is 0 Å².